The summed E-state index contributed by atoms with van der Waals surface area (Å²) in [5.74, 6) is 0. The van der Waals surface area contributed by atoms with E-state index < -0.39 is 0 Å². The van der Waals surface area contributed by atoms with Crippen LogP contribution in [0.5, 0.6) is 0 Å². The number of aromatic nitrogens is 1. The number of hydrogen-bond donors (Lipinski definition) is 1. The average Bonchev–Trinajstić information content (AvgIpc) is 2.34. The van der Waals surface area contributed by atoms with Gasteiger partial charge in [-0.15, -0.1) is 11.1 Å². The smallest absolute Gasteiger partial charge is 0 e. The fourth-order valence-corrected chi connectivity index (χ4v) is 1.29. The molecule has 1 radical (unpaired) electrons. The van der Waals surface area contributed by atoms with Crippen molar-refractivity contribution in [1.82, 2.24) is 4.98 Å². The molecule has 11 heavy (non-hydrogen) atoms. The van der Waals surface area contributed by atoms with Crippen LogP contribution in [0.3, 0.4) is 0 Å². The number of aliphatic hydroxyl groups excluding tert-OH is 1. The Kier molecular flexibility index (Phi) is 2.64. The van der Waals surface area contributed by atoms with Crippen molar-refractivity contribution in [2.75, 3.05) is 0 Å². The van der Waals surface area contributed by atoms with E-state index in [9.17, 15) is 5.11 Å². The van der Waals surface area contributed by atoms with Crippen LogP contribution in [0.4, 0.5) is 0 Å². The van der Waals surface area contributed by atoms with Crippen molar-refractivity contribution in [1.29, 1.82) is 0 Å². The van der Waals surface area contributed by atoms with Crippen molar-refractivity contribution in [3.63, 3.8) is 0 Å². The second kappa shape index (κ2) is 3.33. The molecule has 3 heteroatoms. The maximum Gasteiger partial charge on any atom is 0 e. The van der Waals surface area contributed by atoms with Gasteiger partial charge in [-0.25, -0.2) is 0 Å². The Balaban J connectivity index is 0.000000605. The van der Waals surface area contributed by atoms with E-state index in [1.165, 1.54) is 5.56 Å². The molecule has 2 rings (SSSR count). The van der Waals surface area contributed by atoms with Crippen LogP contribution in [0.2, 0.25) is 0 Å². The first kappa shape index (κ1) is 8.70. The second-order valence-electron chi connectivity index (χ2n) is 2.48. The van der Waals surface area contributed by atoms with Gasteiger partial charge >= 0.3 is 0 Å². The van der Waals surface area contributed by atoms with E-state index in [4.69, 9.17) is 0 Å². The quantitative estimate of drug-likeness (QED) is 0.544. The number of fused-ring (bicyclic) bond motifs is 1. The fourth-order valence-electron chi connectivity index (χ4n) is 1.29. The summed E-state index contributed by atoms with van der Waals surface area (Å²) in [5, 5.41) is 9.26. The third-order valence-electron chi connectivity index (χ3n) is 1.85. The first-order valence-corrected chi connectivity index (χ1v) is 3.36. The summed E-state index contributed by atoms with van der Waals surface area (Å²) in [5.41, 5.74) is 2.15. The summed E-state index contributed by atoms with van der Waals surface area (Å²) in [6, 6.07) is 1.96. The minimum atomic E-state index is 0. The van der Waals surface area contributed by atoms with Crippen molar-refractivity contribution in [2.24, 2.45) is 0 Å². The van der Waals surface area contributed by atoms with Crippen molar-refractivity contribution < 1.29 is 24.6 Å². The predicted molar refractivity (Wildman–Crippen MR) is 36.8 cm³/mol. The minimum Gasteiger partial charge on any atom is -0.426 e. The minimum absolute atomic E-state index is 0. The molecule has 0 fully saturated rings. The Morgan fingerprint density at radius 3 is 3.09 bits per heavy atom. The zero-order valence-electron chi connectivity index (χ0n) is 5.87. The first-order chi connectivity index (χ1) is 4.88. The Morgan fingerprint density at radius 2 is 2.36 bits per heavy atom. The van der Waals surface area contributed by atoms with E-state index in [0.717, 1.165) is 18.4 Å². The first-order valence-electron chi connectivity index (χ1n) is 3.36. The number of nitrogens with zero attached hydrogens (tertiary/aromatic N) is 1. The van der Waals surface area contributed by atoms with Gasteiger partial charge in [0, 0.05) is 19.5 Å². The molecule has 2 nitrogen and oxygen atoms in total. The predicted octanol–water partition coefficient (Wildman–Crippen LogP) is 1.28. The molecule has 1 aromatic heterocycles. The van der Waals surface area contributed by atoms with Crippen LogP contribution in [-0.2, 0) is 25.9 Å². The number of rotatable bonds is 0. The Hall–Kier alpha value is -0.397. The average molecular weight is 237 g/mol. The summed E-state index contributed by atoms with van der Waals surface area (Å²) < 4.78 is 0. The van der Waals surface area contributed by atoms with E-state index in [-0.39, 0.29) is 19.5 Å². The maximum atomic E-state index is 9.26. The standard InChI is InChI=1S/C8H8NO.Rh/c10-8-2-1-6-3-4-9-5-7(6)8;/h3-5,10H,1-2H2;/q-1;. The molecule has 1 aromatic rings. The fraction of sp³-hybridized carbons (Fsp3) is 0.250. The van der Waals surface area contributed by atoms with Crippen molar-refractivity contribution in [2.45, 2.75) is 12.8 Å². The van der Waals surface area contributed by atoms with E-state index in [2.05, 4.69) is 4.98 Å². The van der Waals surface area contributed by atoms with E-state index >= 15 is 0 Å². The summed E-state index contributed by atoms with van der Waals surface area (Å²) in [6.45, 7) is 0. The monoisotopic (exact) mass is 237 g/mol. The molecule has 1 heterocycles. The summed E-state index contributed by atoms with van der Waals surface area (Å²) >= 11 is 0. The Bertz CT molecular complexity index is 252. The van der Waals surface area contributed by atoms with Gasteiger partial charge < -0.3 is 10.1 Å². The van der Waals surface area contributed by atoms with Gasteiger partial charge in [0.15, 0.2) is 0 Å². The van der Waals surface area contributed by atoms with Gasteiger partial charge in [0.1, 0.15) is 0 Å². The molecule has 1 aliphatic carbocycles. The molecule has 1 N–H and O–H groups in total. The molecule has 0 spiro atoms. The van der Waals surface area contributed by atoms with Crippen LogP contribution in [0, 0.1) is 6.10 Å². The summed E-state index contributed by atoms with van der Waals surface area (Å²) in [4.78, 5) is 3.93. The molecule has 0 saturated carbocycles. The van der Waals surface area contributed by atoms with Crippen LogP contribution in [-0.4, -0.2) is 10.1 Å². The molecule has 0 amide bonds. The SMILES string of the molecule is O[C-]1CCc2ccncc21.[Rh]. The van der Waals surface area contributed by atoms with E-state index in [1.54, 1.807) is 12.4 Å². The number of pyridine rings is 1. The maximum absolute atomic E-state index is 9.26. The molecular formula is C8H8NORh-. The Morgan fingerprint density at radius 1 is 1.55 bits per heavy atom. The third kappa shape index (κ3) is 1.44. The molecule has 0 bridgehead atoms. The van der Waals surface area contributed by atoms with Gasteiger partial charge in [-0.3, -0.25) is 0 Å². The largest absolute Gasteiger partial charge is 0.426 e. The van der Waals surface area contributed by atoms with Gasteiger partial charge in [0.05, 0.1) is 0 Å². The number of aryl methyl sites for hydroxylation is 1. The molecule has 1 aliphatic rings. The van der Waals surface area contributed by atoms with Crippen molar-refractivity contribution in [3.8, 4) is 0 Å². The van der Waals surface area contributed by atoms with Gasteiger partial charge in [-0.1, -0.05) is 31.2 Å². The van der Waals surface area contributed by atoms with E-state index in [0.29, 0.717) is 6.10 Å². The van der Waals surface area contributed by atoms with Crippen LogP contribution in [0.15, 0.2) is 18.5 Å². The molecule has 0 saturated heterocycles. The van der Waals surface area contributed by atoms with Gasteiger partial charge in [0.2, 0.25) is 0 Å². The van der Waals surface area contributed by atoms with Gasteiger partial charge in [-0.05, 0) is 6.20 Å². The zero-order valence-corrected chi connectivity index (χ0v) is 7.51. The summed E-state index contributed by atoms with van der Waals surface area (Å²) in [7, 11) is 0. The molecule has 0 aromatic carbocycles. The second-order valence-corrected chi connectivity index (χ2v) is 2.48. The molecule has 61 valence electrons. The Labute approximate surface area is 78.4 Å². The van der Waals surface area contributed by atoms with Crippen molar-refractivity contribution in [3.05, 3.63) is 35.7 Å². The zero-order chi connectivity index (χ0) is 6.97. The topological polar surface area (TPSA) is 33.1 Å². The number of aliphatic hydroxyl groups is 1. The van der Waals surface area contributed by atoms with E-state index in [1.807, 2.05) is 6.07 Å². The van der Waals surface area contributed by atoms with Crippen LogP contribution < -0.4 is 0 Å². The normalized spacial score (nSPS) is 14.1. The van der Waals surface area contributed by atoms with Gasteiger partial charge in [-0.2, -0.15) is 0 Å². The molecule has 0 atom stereocenters. The molecular weight excluding hydrogens is 229 g/mol. The van der Waals surface area contributed by atoms with Crippen LogP contribution in [0.1, 0.15) is 17.5 Å². The van der Waals surface area contributed by atoms with Crippen LogP contribution in [0.25, 0.3) is 0 Å². The molecule has 0 aliphatic heterocycles. The summed E-state index contributed by atoms with van der Waals surface area (Å²) in [6.07, 6.45) is 5.71. The van der Waals surface area contributed by atoms with Gasteiger partial charge in [0.25, 0.3) is 0 Å². The van der Waals surface area contributed by atoms with Crippen molar-refractivity contribution >= 4 is 0 Å². The van der Waals surface area contributed by atoms with Crippen LogP contribution >= 0.6 is 0 Å². The number of hydrogen-bond acceptors (Lipinski definition) is 2. The molecule has 0 unspecified atom stereocenters. The third-order valence-corrected chi connectivity index (χ3v) is 1.85.